The molecule has 0 spiro atoms. The van der Waals surface area contributed by atoms with Crippen LogP contribution in [0.4, 0.5) is 5.69 Å². The SMILES string of the molecule is CCOc1ccc(CN(C)Cc2cccc([N+](=O)[O-])c2)cc1. The first-order chi connectivity index (χ1) is 10.6. The number of nitro benzene ring substituents is 1. The number of benzene rings is 2. The normalized spacial score (nSPS) is 10.7. The second-order valence-electron chi connectivity index (χ2n) is 5.18. The molecule has 0 unspecified atom stereocenters. The van der Waals surface area contributed by atoms with E-state index in [4.69, 9.17) is 4.74 Å². The lowest BCUT2D eigenvalue weighted by atomic mass is 10.1. The summed E-state index contributed by atoms with van der Waals surface area (Å²) in [5.41, 5.74) is 2.24. The number of nitrogens with zero attached hydrogens (tertiary/aromatic N) is 2. The van der Waals surface area contributed by atoms with E-state index in [9.17, 15) is 10.1 Å². The van der Waals surface area contributed by atoms with Gasteiger partial charge in [-0.05, 0) is 37.2 Å². The third-order valence-electron chi connectivity index (χ3n) is 3.26. The molecule has 2 aromatic carbocycles. The molecule has 2 aromatic rings. The van der Waals surface area contributed by atoms with Crippen molar-refractivity contribution in [2.75, 3.05) is 13.7 Å². The zero-order valence-corrected chi connectivity index (χ0v) is 12.9. The summed E-state index contributed by atoms with van der Waals surface area (Å²) in [6, 6.07) is 14.7. The van der Waals surface area contributed by atoms with E-state index in [2.05, 4.69) is 4.90 Å². The molecule has 2 rings (SSSR count). The van der Waals surface area contributed by atoms with Gasteiger partial charge in [-0.15, -0.1) is 0 Å². The average Bonchev–Trinajstić information content (AvgIpc) is 2.49. The third kappa shape index (κ3) is 4.56. The topological polar surface area (TPSA) is 55.6 Å². The zero-order valence-electron chi connectivity index (χ0n) is 12.9. The Hall–Kier alpha value is -2.40. The maximum atomic E-state index is 10.8. The Morgan fingerprint density at radius 1 is 1.09 bits per heavy atom. The Labute approximate surface area is 130 Å². The molecule has 0 atom stereocenters. The lowest BCUT2D eigenvalue weighted by Crippen LogP contribution is -2.17. The second kappa shape index (κ2) is 7.56. The van der Waals surface area contributed by atoms with Crippen molar-refractivity contribution < 1.29 is 9.66 Å². The molecule has 0 N–H and O–H groups in total. The molecular weight excluding hydrogens is 280 g/mol. The van der Waals surface area contributed by atoms with E-state index in [1.807, 2.05) is 44.3 Å². The fraction of sp³-hybridized carbons (Fsp3) is 0.294. The van der Waals surface area contributed by atoms with Gasteiger partial charge in [0, 0.05) is 25.2 Å². The van der Waals surface area contributed by atoms with E-state index in [1.54, 1.807) is 12.1 Å². The smallest absolute Gasteiger partial charge is 0.269 e. The number of rotatable bonds is 7. The molecule has 0 aromatic heterocycles. The lowest BCUT2D eigenvalue weighted by molar-refractivity contribution is -0.384. The number of hydrogen-bond acceptors (Lipinski definition) is 4. The van der Waals surface area contributed by atoms with E-state index in [0.29, 0.717) is 13.2 Å². The highest BCUT2D eigenvalue weighted by atomic mass is 16.6. The molecule has 0 aliphatic rings. The third-order valence-corrected chi connectivity index (χ3v) is 3.26. The molecule has 0 heterocycles. The van der Waals surface area contributed by atoms with Gasteiger partial charge >= 0.3 is 0 Å². The molecule has 0 aliphatic heterocycles. The van der Waals surface area contributed by atoms with E-state index in [0.717, 1.165) is 17.9 Å². The van der Waals surface area contributed by atoms with Gasteiger partial charge < -0.3 is 4.74 Å². The van der Waals surface area contributed by atoms with Crippen LogP contribution in [0.3, 0.4) is 0 Å². The fourth-order valence-corrected chi connectivity index (χ4v) is 2.31. The van der Waals surface area contributed by atoms with Crippen LogP contribution in [0.15, 0.2) is 48.5 Å². The van der Waals surface area contributed by atoms with Crippen LogP contribution in [0, 0.1) is 10.1 Å². The highest BCUT2D eigenvalue weighted by molar-refractivity contribution is 5.34. The van der Waals surface area contributed by atoms with Gasteiger partial charge in [0.2, 0.25) is 0 Å². The summed E-state index contributed by atoms with van der Waals surface area (Å²) in [4.78, 5) is 12.5. The first-order valence-corrected chi connectivity index (χ1v) is 7.22. The summed E-state index contributed by atoms with van der Waals surface area (Å²) in [6.45, 7) is 4.05. The average molecular weight is 300 g/mol. The van der Waals surface area contributed by atoms with Crippen molar-refractivity contribution in [1.82, 2.24) is 4.90 Å². The molecule has 0 amide bonds. The Kier molecular flexibility index (Phi) is 5.49. The minimum atomic E-state index is -0.365. The van der Waals surface area contributed by atoms with E-state index in [1.165, 1.54) is 11.6 Å². The lowest BCUT2D eigenvalue weighted by Gasteiger charge is -2.17. The highest BCUT2D eigenvalue weighted by Gasteiger charge is 2.08. The quantitative estimate of drug-likeness (QED) is 0.579. The Morgan fingerprint density at radius 3 is 2.41 bits per heavy atom. The van der Waals surface area contributed by atoms with Crippen LogP contribution < -0.4 is 4.74 Å². The van der Waals surface area contributed by atoms with Crippen LogP contribution in [0.5, 0.6) is 5.75 Å². The van der Waals surface area contributed by atoms with Crippen LogP contribution in [-0.2, 0) is 13.1 Å². The van der Waals surface area contributed by atoms with Gasteiger partial charge in [-0.3, -0.25) is 15.0 Å². The predicted octanol–water partition coefficient (Wildman–Crippen LogP) is 3.63. The maximum absolute atomic E-state index is 10.8. The van der Waals surface area contributed by atoms with Gasteiger partial charge in [0.1, 0.15) is 5.75 Å². The predicted molar refractivity (Wildman–Crippen MR) is 85.9 cm³/mol. The van der Waals surface area contributed by atoms with E-state index >= 15 is 0 Å². The van der Waals surface area contributed by atoms with Crippen molar-refractivity contribution in [3.05, 3.63) is 69.8 Å². The molecule has 5 nitrogen and oxygen atoms in total. The molecule has 22 heavy (non-hydrogen) atoms. The maximum Gasteiger partial charge on any atom is 0.269 e. The van der Waals surface area contributed by atoms with Crippen LogP contribution in [0.25, 0.3) is 0 Å². The summed E-state index contributed by atoms with van der Waals surface area (Å²) in [5.74, 6) is 0.868. The Morgan fingerprint density at radius 2 is 1.77 bits per heavy atom. The fourth-order valence-electron chi connectivity index (χ4n) is 2.31. The summed E-state index contributed by atoms with van der Waals surface area (Å²) in [6.07, 6.45) is 0. The zero-order chi connectivity index (χ0) is 15.9. The number of ether oxygens (including phenoxy) is 1. The molecule has 0 fully saturated rings. The first kappa shape index (κ1) is 16.0. The van der Waals surface area contributed by atoms with Crippen molar-refractivity contribution in [1.29, 1.82) is 0 Å². The molecule has 5 heteroatoms. The van der Waals surface area contributed by atoms with Crippen LogP contribution in [0.1, 0.15) is 18.1 Å². The molecule has 0 radical (unpaired) electrons. The number of non-ortho nitro benzene ring substituents is 1. The largest absolute Gasteiger partial charge is 0.494 e. The van der Waals surface area contributed by atoms with Crippen molar-refractivity contribution in [2.45, 2.75) is 20.0 Å². The van der Waals surface area contributed by atoms with Crippen LogP contribution >= 0.6 is 0 Å². The van der Waals surface area contributed by atoms with Crippen molar-refractivity contribution >= 4 is 5.69 Å². The summed E-state index contributed by atoms with van der Waals surface area (Å²) in [5, 5.41) is 10.8. The van der Waals surface area contributed by atoms with E-state index < -0.39 is 0 Å². The van der Waals surface area contributed by atoms with Gasteiger partial charge in [-0.25, -0.2) is 0 Å². The molecule has 0 aliphatic carbocycles. The molecule has 0 bridgehead atoms. The second-order valence-corrected chi connectivity index (χ2v) is 5.18. The van der Waals surface area contributed by atoms with Gasteiger partial charge in [0.25, 0.3) is 5.69 Å². The molecule has 0 saturated heterocycles. The minimum absolute atomic E-state index is 0.131. The monoisotopic (exact) mass is 300 g/mol. The molecule has 116 valence electrons. The molecule has 0 saturated carbocycles. The van der Waals surface area contributed by atoms with E-state index in [-0.39, 0.29) is 10.6 Å². The van der Waals surface area contributed by atoms with Crippen molar-refractivity contribution in [2.24, 2.45) is 0 Å². The summed E-state index contributed by atoms with van der Waals surface area (Å²) in [7, 11) is 2.00. The van der Waals surface area contributed by atoms with Gasteiger partial charge in [0.15, 0.2) is 0 Å². The summed E-state index contributed by atoms with van der Waals surface area (Å²) >= 11 is 0. The molecular formula is C17H20N2O3. The van der Waals surface area contributed by atoms with Gasteiger partial charge in [-0.1, -0.05) is 24.3 Å². The van der Waals surface area contributed by atoms with Crippen molar-refractivity contribution in [3.8, 4) is 5.75 Å². The van der Waals surface area contributed by atoms with Gasteiger partial charge in [-0.2, -0.15) is 0 Å². The summed E-state index contributed by atoms with van der Waals surface area (Å²) < 4.78 is 5.42. The van der Waals surface area contributed by atoms with Crippen LogP contribution in [0.2, 0.25) is 0 Å². The first-order valence-electron chi connectivity index (χ1n) is 7.22. The minimum Gasteiger partial charge on any atom is -0.494 e. The number of hydrogen-bond donors (Lipinski definition) is 0. The standard InChI is InChI=1S/C17H20N2O3/c1-3-22-17-9-7-14(8-10-17)12-18(2)13-15-5-4-6-16(11-15)19(20)21/h4-11H,3,12-13H2,1-2H3. The van der Waals surface area contributed by atoms with Crippen molar-refractivity contribution in [3.63, 3.8) is 0 Å². The highest BCUT2D eigenvalue weighted by Crippen LogP contribution is 2.17. The number of nitro groups is 1. The van der Waals surface area contributed by atoms with Gasteiger partial charge in [0.05, 0.1) is 11.5 Å². The Bertz CT molecular complexity index is 626. The van der Waals surface area contributed by atoms with Crippen LogP contribution in [-0.4, -0.2) is 23.5 Å². The Balaban J connectivity index is 1.96.